The molecular weight excluding hydrogens is 216 g/mol. The van der Waals surface area contributed by atoms with Crippen LogP contribution in [0.3, 0.4) is 0 Å². The minimum Gasteiger partial charge on any atom is -0.350 e. The van der Waals surface area contributed by atoms with Gasteiger partial charge in [-0.05, 0) is 37.7 Å². The van der Waals surface area contributed by atoms with Crippen molar-refractivity contribution in [3.63, 3.8) is 0 Å². The molecule has 4 heteroatoms. The highest BCUT2D eigenvalue weighted by Gasteiger charge is 2.44. The molecule has 1 aromatic rings. The van der Waals surface area contributed by atoms with Gasteiger partial charge in [-0.25, -0.2) is 9.86 Å². The summed E-state index contributed by atoms with van der Waals surface area (Å²) in [6.45, 7) is 3.88. The number of hydroxylamine groups is 2. The quantitative estimate of drug-likeness (QED) is 0.622. The Bertz CT molecular complexity index is 416. The molecule has 1 aliphatic rings. The van der Waals surface area contributed by atoms with Gasteiger partial charge in [0.1, 0.15) is 0 Å². The van der Waals surface area contributed by atoms with Crippen molar-refractivity contribution in [3.05, 3.63) is 35.4 Å². The van der Waals surface area contributed by atoms with Gasteiger partial charge >= 0.3 is 6.03 Å². The Kier molecular flexibility index (Phi) is 3.07. The molecule has 3 atom stereocenters. The van der Waals surface area contributed by atoms with E-state index in [9.17, 15) is 10.0 Å². The molecule has 1 fully saturated rings. The number of hydrogen-bond donors (Lipinski definition) is 2. The Morgan fingerprint density at radius 2 is 2.06 bits per heavy atom. The lowest BCUT2D eigenvalue weighted by Gasteiger charge is -2.20. The molecule has 0 saturated heterocycles. The first-order chi connectivity index (χ1) is 8.00. The summed E-state index contributed by atoms with van der Waals surface area (Å²) in [5.74, 6) is 0.731. The van der Waals surface area contributed by atoms with Crippen LogP contribution in [0.2, 0.25) is 0 Å². The molecule has 17 heavy (non-hydrogen) atoms. The normalized spacial score (nSPS) is 24.2. The van der Waals surface area contributed by atoms with Crippen molar-refractivity contribution in [1.82, 2.24) is 5.06 Å². The fourth-order valence-corrected chi connectivity index (χ4v) is 2.33. The molecule has 0 bridgehead atoms. The maximum atomic E-state index is 10.9. The molecule has 0 radical (unpaired) electrons. The molecule has 1 aromatic carbocycles. The highest BCUT2D eigenvalue weighted by Crippen LogP contribution is 2.50. The molecule has 3 N–H and O–H groups in total. The molecule has 0 heterocycles. The summed E-state index contributed by atoms with van der Waals surface area (Å²) in [5.41, 5.74) is 7.55. The first kappa shape index (κ1) is 11.9. The number of rotatable bonds is 3. The number of carbonyl (C=O) groups excluding carboxylic acids is 1. The Hall–Kier alpha value is -1.55. The predicted molar refractivity (Wildman–Crippen MR) is 64.7 cm³/mol. The second-order valence-electron chi connectivity index (χ2n) is 4.84. The number of aryl methyl sites for hydroxylation is 1. The number of nitrogens with zero attached hydrogens (tertiary/aromatic N) is 1. The standard InChI is InChI=1S/C13H18N2O2/c1-8-3-5-10(6-4-8)12-7-11(12)9(2)15(17)13(14)16/h3-6,9,11-12,17H,7H2,1-2H3,(H2,14,16)/t9?,11-,12-/m0/s1. The number of benzene rings is 1. The minimum absolute atomic E-state index is 0.223. The monoisotopic (exact) mass is 234 g/mol. The molecule has 1 aliphatic carbocycles. The van der Waals surface area contributed by atoms with Crippen LogP contribution in [-0.4, -0.2) is 22.3 Å². The van der Waals surface area contributed by atoms with E-state index in [1.807, 2.05) is 6.92 Å². The van der Waals surface area contributed by atoms with Gasteiger partial charge in [0.15, 0.2) is 0 Å². The van der Waals surface area contributed by atoms with Crippen LogP contribution in [-0.2, 0) is 0 Å². The van der Waals surface area contributed by atoms with Gasteiger partial charge in [-0.1, -0.05) is 29.8 Å². The molecular formula is C13H18N2O2. The zero-order valence-corrected chi connectivity index (χ0v) is 10.1. The van der Waals surface area contributed by atoms with E-state index in [2.05, 4.69) is 31.2 Å². The second kappa shape index (κ2) is 4.37. The van der Waals surface area contributed by atoms with Crippen LogP contribution in [0.25, 0.3) is 0 Å². The van der Waals surface area contributed by atoms with E-state index >= 15 is 0 Å². The predicted octanol–water partition coefficient (Wildman–Crippen LogP) is 2.26. The summed E-state index contributed by atoms with van der Waals surface area (Å²) in [5, 5.41) is 10.1. The summed E-state index contributed by atoms with van der Waals surface area (Å²) in [4.78, 5) is 10.9. The summed E-state index contributed by atoms with van der Waals surface area (Å²) in [6, 6.07) is 7.38. The van der Waals surface area contributed by atoms with Crippen LogP contribution in [0.1, 0.15) is 30.4 Å². The zero-order chi connectivity index (χ0) is 12.6. The van der Waals surface area contributed by atoms with Gasteiger partial charge in [-0.2, -0.15) is 0 Å². The largest absolute Gasteiger partial charge is 0.350 e. The number of nitrogens with two attached hydrogens (primary N) is 1. The van der Waals surface area contributed by atoms with E-state index in [1.54, 1.807) is 0 Å². The number of carbonyl (C=O) groups is 1. The number of hydrogen-bond acceptors (Lipinski definition) is 2. The Morgan fingerprint density at radius 3 is 2.59 bits per heavy atom. The highest BCUT2D eigenvalue weighted by atomic mass is 16.5. The van der Waals surface area contributed by atoms with Gasteiger partial charge in [0.25, 0.3) is 0 Å². The zero-order valence-electron chi connectivity index (χ0n) is 10.1. The van der Waals surface area contributed by atoms with Crippen LogP contribution >= 0.6 is 0 Å². The van der Waals surface area contributed by atoms with Gasteiger partial charge in [-0.3, -0.25) is 5.21 Å². The first-order valence-electron chi connectivity index (χ1n) is 5.85. The van der Waals surface area contributed by atoms with Crippen LogP contribution in [0.15, 0.2) is 24.3 Å². The van der Waals surface area contributed by atoms with Gasteiger partial charge in [-0.15, -0.1) is 0 Å². The van der Waals surface area contributed by atoms with E-state index < -0.39 is 6.03 Å². The fraction of sp³-hybridized carbons (Fsp3) is 0.462. The second-order valence-corrected chi connectivity index (χ2v) is 4.84. The van der Waals surface area contributed by atoms with Gasteiger partial charge in [0.05, 0.1) is 6.04 Å². The molecule has 0 aromatic heterocycles. The van der Waals surface area contributed by atoms with E-state index in [1.165, 1.54) is 11.1 Å². The van der Waals surface area contributed by atoms with Crippen LogP contribution in [0, 0.1) is 12.8 Å². The van der Waals surface area contributed by atoms with Crippen LogP contribution < -0.4 is 5.73 Å². The molecule has 92 valence electrons. The van der Waals surface area contributed by atoms with E-state index in [4.69, 9.17) is 5.73 Å². The Labute approximate surface area is 101 Å². The molecule has 0 spiro atoms. The van der Waals surface area contributed by atoms with Gasteiger partial charge in [0, 0.05) is 0 Å². The third kappa shape index (κ3) is 2.42. The molecule has 0 aliphatic heterocycles. The fourth-order valence-electron chi connectivity index (χ4n) is 2.33. The van der Waals surface area contributed by atoms with Crippen molar-refractivity contribution in [2.75, 3.05) is 0 Å². The lowest BCUT2D eigenvalue weighted by Crippen LogP contribution is -2.40. The average molecular weight is 234 g/mol. The Morgan fingerprint density at radius 1 is 1.47 bits per heavy atom. The minimum atomic E-state index is -0.785. The maximum Gasteiger partial charge on any atom is 0.338 e. The molecule has 1 unspecified atom stereocenters. The SMILES string of the molecule is Cc1ccc([C@@H]2C[C@H]2C(C)N(O)C(N)=O)cc1. The van der Waals surface area contributed by atoms with E-state index in [0.717, 1.165) is 6.42 Å². The van der Waals surface area contributed by atoms with Crippen molar-refractivity contribution in [3.8, 4) is 0 Å². The summed E-state index contributed by atoms with van der Waals surface area (Å²) in [6.07, 6.45) is 0.995. The van der Waals surface area contributed by atoms with Crippen molar-refractivity contribution in [2.45, 2.75) is 32.2 Å². The molecule has 4 nitrogen and oxygen atoms in total. The van der Waals surface area contributed by atoms with Crippen molar-refractivity contribution in [1.29, 1.82) is 0 Å². The van der Waals surface area contributed by atoms with Crippen molar-refractivity contribution in [2.24, 2.45) is 11.7 Å². The topological polar surface area (TPSA) is 66.6 Å². The number of primary amides is 1. The van der Waals surface area contributed by atoms with Crippen molar-refractivity contribution >= 4 is 6.03 Å². The molecule has 2 rings (SSSR count). The third-order valence-electron chi connectivity index (χ3n) is 3.58. The van der Waals surface area contributed by atoms with Crippen molar-refractivity contribution < 1.29 is 10.0 Å². The van der Waals surface area contributed by atoms with E-state index in [-0.39, 0.29) is 6.04 Å². The van der Waals surface area contributed by atoms with Crippen LogP contribution in [0.5, 0.6) is 0 Å². The molecule has 1 saturated carbocycles. The first-order valence-corrected chi connectivity index (χ1v) is 5.85. The average Bonchev–Trinajstić information content (AvgIpc) is 3.08. The lowest BCUT2D eigenvalue weighted by atomic mass is 10.0. The lowest BCUT2D eigenvalue weighted by molar-refractivity contribution is -0.0760. The highest BCUT2D eigenvalue weighted by molar-refractivity contribution is 5.71. The van der Waals surface area contributed by atoms with E-state index in [0.29, 0.717) is 16.9 Å². The van der Waals surface area contributed by atoms with Gasteiger partial charge in [0.2, 0.25) is 0 Å². The molecule has 2 amide bonds. The van der Waals surface area contributed by atoms with Gasteiger partial charge < -0.3 is 5.73 Å². The Balaban J connectivity index is 2.00. The number of urea groups is 1. The summed E-state index contributed by atoms with van der Waals surface area (Å²) in [7, 11) is 0. The maximum absolute atomic E-state index is 10.9. The van der Waals surface area contributed by atoms with Crippen LogP contribution in [0.4, 0.5) is 4.79 Å². The summed E-state index contributed by atoms with van der Waals surface area (Å²) < 4.78 is 0. The third-order valence-corrected chi connectivity index (χ3v) is 3.58. The smallest absolute Gasteiger partial charge is 0.338 e. The number of amides is 2. The summed E-state index contributed by atoms with van der Waals surface area (Å²) >= 11 is 0.